The second kappa shape index (κ2) is 6.95. The van der Waals surface area contributed by atoms with Gasteiger partial charge in [0.25, 0.3) is 10.0 Å². The molecule has 0 aliphatic heterocycles. The first-order valence-corrected chi connectivity index (χ1v) is 8.12. The van der Waals surface area contributed by atoms with E-state index in [4.69, 9.17) is 4.74 Å². The molecule has 0 saturated carbocycles. The molecular weight excluding hydrogens is 286 g/mol. The van der Waals surface area contributed by atoms with Gasteiger partial charge in [0.15, 0.2) is 0 Å². The lowest BCUT2D eigenvalue weighted by Crippen LogP contribution is -2.08. The third kappa shape index (κ3) is 4.96. The molecule has 0 saturated heterocycles. The van der Waals surface area contributed by atoms with Crippen molar-refractivity contribution in [3.05, 3.63) is 65.6 Å². The van der Waals surface area contributed by atoms with Crippen molar-refractivity contribution < 1.29 is 13.2 Å². The van der Waals surface area contributed by atoms with Crippen LogP contribution < -0.4 is 9.46 Å². The molecule has 110 valence electrons. The predicted octanol–water partition coefficient (Wildman–Crippen LogP) is 3.50. The van der Waals surface area contributed by atoms with Crippen LogP contribution in [0.3, 0.4) is 0 Å². The molecule has 0 radical (unpaired) electrons. The number of hydrogen-bond acceptors (Lipinski definition) is 3. The van der Waals surface area contributed by atoms with Gasteiger partial charge in [-0.15, -0.1) is 0 Å². The highest BCUT2D eigenvalue weighted by atomic mass is 32.2. The molecule has 0 unspecified atom stereocenters. The molecule has 0 spiro atoms. The zero-order chi connectivity index (χ0) is 15.1. The molecule has 0 bridgehead atoms. The van der Waals surface area contributed by atoms with Gasteiger partial charge in [-0.3, -0.25) is 4.72 Å². The quantitative estimate of drug-likeness (QED) is 0.888. The summed E-state index contributed by atoms with van der Waals surface area (Å²) in [6.45, 7) is 2.41. The zero-order valence-electron chi connectivity index (χ0n) is 11.7. The number of rotatable bonds is 6. The third-order valence-corrected chi connectivity index (χ3v) is 3.66. The van der Waals surface area contributed by atoms with Gasteiger partial charge in [-0.25, -0.2) is 8.42 Å². The summed E-state index contributed by atoms with van der Waals surface area (Å²) in [6, 6.07) is 16.1. The maximum Gasteiger partial charge on any atom is 0.255 e. The van der Waals surface area contributed by atoms with E-state index in [9.17, 15) is 8.42 Å². The SMILES string of the molecule is CCOc1cccc(NS(=O)(=O)/C=C/c2ccccc2)c1. The Kier molecular flexibility index (Phi) is 5.00. The molecule has 1 N–H and O–H groups in total. The average molecular weight is 303 g/mol. The molecule has 4 nitrogen and oxygen atoms in total. The number of ether oxygens (including phenoxy) is 1. The molecule has 0 atom stereocenters. The second-order valence-corrected chi connectivity index (χ2v) is 5.89. The lowest BCUT2D eigenvalue weighted by Gasteiger charge is -2.07. The first kappa shape index (κ1) is 15.1. The van der Waals surface area contributed by atoms with Crippen LogP contribution in [-0.4, -0.2) is 15.0 Å². The molecule has 5 heteroatoms. The summed E-state index contributed by atoms with van der Waals surface area (Å²) < 4.78 is 31.8. The summed E-state index contributed by atoms with van der Waals surface area (Å²) in [7, 11) is -3.55. The Morgan fingerprint density at radius 2 is 1.86 bits per heavy atom. The van der Waals surface area contributed by atoms with Crippen molar-refractivity contribution in [2.75, 3.05) is 11.3 Å². The van der Waals surface area contributed by atoms with E-state index in [0.29, 0.717) is 18.0 Å². The van der Waals surface area contributed by atoms with Gasteiger partial charge in [0, 0.05) is 6.07 Å². The van der Waals surface area contributed by atoms with Crippen molar-refractivity contribution in [1.29, 1.82) is 0 Å². The van der Waals surface area contributed by atoms with Crippen LogP contribution in [0.2, 0.25) is 0 Å². The first-order chi connectivity index (χ1) is 10.1. The monoisotopic (exact) mass is 303 g/mol. The molecular formula is C16H17NO3S. The topological polar surface area (TPSA) is 55.4 Å². The van der Waals surface area contributed by atoms with Crippen molar-refractivity contribution in [3.63, 3.8) is 0 Å². The van der Waals surface area contributed by atoms with Gasteiger partial charge in [0.1, 0.15) is 5.75 Å². The van der Waals surface area contributed by atoms with Gasteiger partial charge in [-0.1, -0.05) is 36.4 Å². The fraction of sp³-hybridized carbons (Fsp3) is 0.125. The van der Waals surface area contributed by atoms with Gasteiger partial charge in [0.2, 0.25) is 0 Å². The Bertz CT molecular complexity index is 709. The number of nitrogens with one attached hydrogen (secondary N) is 1. The minimum atomic E-state index is -3.55. The summed E-state index contributed by atoms with van der Waals surface area (Å²) in [6.07, 6.45) is 1.55. The average Bonchev–Trinajstić information content (AvgIpc) is 2.47. The van der Waals surface area contributed by atoms with E-state index in [1.165, 1.54) is 0 Å². The van der Waals surface area contributed by atoms with Gasteiger partial charge in [-0.2, -0.15) is 0 Å². The van der Waals surface area contributed by atoms with Gasteiger partial charge in [-0.05, 0) is 30.7 Å². The van der Waals surface area contributed by atoms with Crippen LogP contribution in [0.15, 0.2) is 60.0 Å². The van der Waals surface area contributed by atoms with Crippen LogP contribution in [0.1, 0.15) is 12.5 Å². The molecule has 0 heterocycles. The maximum atomic E-state index is 12.0. The minimum Gasteiger partial charge on any atom is -0.494 e. The van der Waals surface area contributed by atoms with Crippen LogP contribution in [-0.2, 0) is 10.0 Å². The molecule has 2 aromatic carbocycles. The number of anilines is 1. The van der Waals surface area contributed by atoms with Crippen LogP contribution >= 0.6 is 0 Å². The summed E-state index contributed by atoms with van der Waals surface area (Å²) in [5.74, 6) is 0.629. The highest BCUT2D eigenvalue weighted by Gasteiger charge is 2.06. The molecule has 0 amide bonds. The van der Waals surface area contributed by atoms with Crippen molar-refractivity contribution in [3.8, 4) is 5.75 Å². The molecule has 0 aromatic heterocycles. The fourth-order valence-corrected chi connectivity index (χ4v) is 2.61. The van der Waals surface area contributed by atoms with Crippen molar-refractivity contribution in [1.82, 2.24) is 0 Å². The summed E-state index contributed by atoms with van der Waals surface area (Å²) in [4.78, 5) is 0. The predicted molar refractivity (Wildman–Crippen MR) is 85.6 cm³/mol. The Labute approximate surface area is 125 Å². The van der Waals surface area contributed by atoms with E-state index >= 15 is 0 Å². The zero-order valence-corrected chi connectivity index (χ0v) is 12.5. The highest BCUT2D eigenvalue weighted by Crippen LogP contribution is 2.18. The number of sulfonamides is 1. The fourth-order valence-electron chi connectivity index (χ4n) is 1.75. The summed E-state index contributed by atoms with van der Waals surface area (Å²) in [5, 5.41) is 1.15. The molecule has 0 fully saturated rings. The lowest BCUT2D eigenvalue weighted by atomic mass is 10.2. The van der Waals surface area contributed by atoms with E-state index < -0.39 is 10.0 Å². The standard InChI is InChI=1S/C16H17NO3S/c1-2-20-16-10-6-9-15(13-16)17-21(18,19)12-11-14-7-4-3-5-8-14/h3-13,17H,2H2,1H3/b12-11+. The number of hydrogen-bond donors (Lipinski definition) is 1. The highest BCUT2D eigenvalue weighted by molar-refractivity contribution is 7.95. The van der Waals surface area contributed by atoms with Gasteiger partial charge in [0.05, 0.1) is 17.7 Å². The van der Waals surface area contributed by atoms with Crippen molar-refractivity contribution in [2.45, 2.75) is 6.92 Å². The first-order valence-electron chi connectivity index (χ1n) is 6.58. The maximum absolute atomic E-state index is 12.0. The van der Waals surface area contributed by atoms with E-state index in [1.807, 2.05) is 37.3 Å². The Morgan fingerprint density at radius 1 is 1.10 bits per heavy atom. The van der Waals surface area contributed by atoms with Crippen LogP contribution in [0.4, 0.5) is 5.69 Å². The normalized spacial score (nSPS) is 11.5. The molecule has 2 rings (SSSR count). The van der Waals surface area contributed by atoms with Crippen LogP contribution in [0.5, 0.6) is 5.75 Å². The Hall–Kier alpha value is -2.27. The lowest BCUT2D eigenvalue weighted by molar-refractivity contribution is 0.340. The second-order valence-electron chi connectivity index (χ2n) is 4.32. The molecule has 0 aliphatic rings. The van der Waals surface area contributed by atoms with E-state index in [-0.39, 0.29) is 0 Å². The minimum absolute atomic E-state index is 0.471. The summed E-state index contributed by atoms with van der Waals surface area (Å²) in [5.41, 5.74) is 1.30. The van der Waals surface area contributed by atoms with Crippen LogP contribution in [0, 0.1) is 0 Å². The van der Waals surface area contributed by atoms with Gasteiger partial charge >= 0.3 is 0 Å². The van der Waals surface area contributed by atoms with E-state index in [2.05, 4.69) is 4.72 Å². The van der Waals surface area contributed by atoms with Crippen molar-refractivity contribution in [2.24, 2.45) is 0 Å². The van der Waals surface area contributed by atoms with Gasteiger partial charge < -0.3 is 4.74 Å². The van der Waals surface area contributed by atoms with Crippen molar-refractivity contribution >= 4 is 21.8 Å². The Balaban J connectivity index is 2.10. The number of benzene rings is 2. The summed E-state index contributed by atoms with van der Waals surface area (Å²) >= 11 is 0. The van der Waals surface area contributed by atoms with Crippen LogP contribution in [0.25, 0.3) is 6.08 Å². The molecule has 21 heavy (non-hydrogen) atoms. The molecule has 0 aliphatic carbocycles. The smallest absolute Gasteiger partial charge is 0.255 e. The van der Waals surface area contributed by atoms with E-state index in [1.54, 1.807) is 30.3 Å². The third-order valence-electron chi connectivity index (χ3n) is 2.64. The van der Waals surface area contributed by atoms with E-state index in [0.717, 1.165) is 11.0 Å². The molecule has 2 aromatic rings. The Morgan fingerprint density at radius 3 is 2.57 bits per heavy atom. The largest absolute Gasteiger partial charge is 0.494 e.